The van der Waals surface area contributed by atoms with Gasteiger partial charge in [0.1, 0.15) is 12.4 Å². The second-order valence-electron chi connectivity index (χ2n) is 4.92. The summed E-state index contributed by atoms with van der Waals surface area (Å²) >= 11 is 0. The molecule has 0 aliphatic carbocycles. The van der Waals surface area contributed by atoms with Crippen LogP contribution >= 0.6 is 0 Å². The Morgan fingerprint density at radius 2 is 2.00 bits per heavy atom. The molecule has 3 nitrogen and oxygen atoms in total. The minimum absolute atomic E-state index is 0.328. The van der Waals surface area contributed by atoms with Gasteiger partial charge in [0.15, 0.2) is 0 Å². The summed E-state index contributed by atoms with van der Waals surface area (Å²) in [6.07, 6.45) is 1.80. The maximum atomic E-state index is 9.95. The summed E-state index contributed by atoms with van der Waals surface area (Å²) < 4.78 is 5.73. The molecule has 0 aliphatic rings. The Kier molecular flexibility index (Phi) is 6.16. The maximum absolute atomic E-state index is 9.95. The van der Waals surface area contributed by atoms with Gasteiger partial charge in [0.05, 0.1) is 5.60 Å². The quantitative estimate of drug-likeness (QED) is 0.698. The Morgan fingerprint density at radius 1 is 1.28 bits per heavy atom. The fourth-order valence-electron chi connectivity index (χ4n) is 1.53. The van der Waals surface area contributed by atoms with Gasteiger partial charge in [-0.3, -0.25) is 0 Å². The van der Waals surface area contributed by atoms with Gasteiger partial charge in [-0.1, -0.05) is 32.0 Å². The number of nitrogens with one attached hydrogen (secondary N) is 1. The molecule has 0 saturated carbocycles. The van der Waals surface area contributed by atoms with Crippen LogP contribution in [0.3, 0.4) is 0 Å². The smallest absolute Gasteiger partial charge is 0.123 e. The van der Waals surface area contributed by atoms with Crippen molar-refractivity contribution in [1.82, 2.24) is 5.32 Å². The lowest BCUT2D eigenvalue weighted by Gasteiger charge is -2.22. The van der Waals surface area contributed by atoms with E-state index in [1.807, 2.05) is 25.1 Å². The molecule has 1 aromatic rings. The monoisotopic (exact) mass is 251 g/mol. The van der Waals surface area contributed by atoms with Gasteiger partial charge >= 0.3 is 0 Å². The largest absolute Gasteiger partial charge is 0.490 e. The third kappa shape index (κ3) is 5.07. The van der Waals surface area contributed by atoms with Crippen molar-refractivity contribution in [1.29, 1.82) is 0 Å². The van der Waals surface area contributed by atoms with Crippen molar-refractivity contribution in [2.45, 2.75) is 45.8 Å². The molecular weight excluding hydrogens is 226 g/mol. The zero-order valence-electron chi connectivity index (χ0n) is 11.7. The summed E-state index contributed by atoms with van der Waals surface area (Å²) in [6.45, 7) is 8.03. The van der Waals surface area contributed by atoms with Crippen LogP contribution in [-0.4, -0.2) is 23.9 Å². The number of para-hydroxylation sites is 1. The number of aliphatic hydroxyl groups is 1. The van der Waals surface area contributed by atoms with Crippen molar-refractivity contribution in [2.24, 2.45) is 0 Å². The number of hydrogen-bond donors (Lipinski definition) is 2. The molecule has 0 radical (unpaired) electrons. The molecule has 0 aromatic heterocycles. The average Bonchev–Trinajstić information content (AvgIpc) is 2.38. The number of rotatable bonds is 8. The second-order valence-corrected chi connectivity index (χ2v) is 4.92. The summed E-state index contributed by atoms with van der Waals surface area (Å²) in [5, 5.41) is 13.3. The van der Waals surface area contributed by atoms with Crippen LogP contribution in [0.15, 0.2) is 24.3 Å². The van der Waals surface area contributed by atoms with Crippen LogP contribution < -0.4 is 10.1 Å². The first-order chi connectivity index (χ1) is 8.59. The molecule has 102 valence electrons. The summed E-state index contributed by atoms with van der Waals surface area (Å²) in [5.74, 6) is 0.856. The standard InChI is InChI=1S/C15H25NO2/c1-4-10-16-11-13-8-6-7-9-14(13)18-12-15(3,17)5-2/h6-9,16-17H,4-5,10-12H2,1-3H3. The minimum Gasteiger partial charge on any atom is -0.490 e. The van der Waals surface area contributed by atoms with Gasteiger partial charge in [0.2, 0.25) is 0 Å². The lowest BCUT2D eigenvalue weighted by molar-refractivity contribution is 0.00816. The molecule has 0 amide bonds. The number of benzene rings is 1. The highest BCUT2D eigenvalue weighted by atomic mass is 16.5. The van der Waals surface area contributed by atoms with E-state index in [0.717, 1.165) is 30.8 Å². The molecule has 0 bridgehead atoms. The lowest BCUT2D eigenvalue weighted by atomic mass is 10.1. The van der Waals surface area contributed by atoms with Crippen LogP contribution in [0.2, 0.25) is 0 Å². The predicted octanol–water partition coefficient (Wildman–Crippen LogP) is 2.73. The highest BCUT2D eigenvalue weighted by Crippen LogP contribution is 2.20. The first-order valence-corrected chi connectivity index (χ1v) is 6.73. The van der Waals surface area contributed by atoms with Crippen LogP contribution in [0.25, 0.3) is 0 Å². The topological polar surface area (TPSA) is 41.5 Å². The Hall–Kier alpha value is -1.06. The van der Waals surface area contributed by atoms with Crippen LogP contribution in [0.4, 0.5) is 0 Å². The molecule has 0 spiro atoms. The molecule has 2 N–H and O–H groups in total. The molecule has 1 rings (SSSR count). The highest BCUT2D eigenvalue weighted by Gasteiger charge is 2.18. The van der Waals surface area contributed by atoms with E-state index in [2.05, 4.69) is 18.3 Å². The summed E-state index contributed by atoms with van der Waals surface area (Å²) in [5.41, 5.74) is 0.377. The zero-order valence-corrected chi connectivity index (χ0v) is 11.7. The summed E-state index contributed by atoms with van der Waals surface area (Å²) in [7, 11) is 0. The van der Waals surface area contributed by atoms with Crippen molar-refractivity contribution in [2.75, 3.05) is 13.2 Å². The molecule has 0 fully saturated rings. The predicted molar refractivity (Wildman–Crippen MR) is 74.8 cm³/mol. The van der Waals surface area contributed by atoms with E-state index in [4.69, 9.17) is 4.74 Å². The highest BCUT2D eigenvalue weighted by molar-refractivity contribution is 5.33. The molecule has 1 atom stereocenters. The van der Waals surface area contributed by atoms with Crippen LogP contribution in [-0.2, 0) is 6.54 Å². The molecule has 3 heteroatoms. The first kappa shape index (κ1) is 15.0. The van der Waals surface area contributed by atoms with E-state index >= 15 is 0 Å². The van der Waals surface area contributed by atoms with Crippen molar-refractivity contribution in [3.8, 4) is 5.75 Å². The number of hydrogen-bond acceptors (Lipinski definition) is 3. The van der Waals surface area contributed by atoms with Crippen LogP contribution in [0.5, 0.6) is 5.75 Å². The lowest BCUT2D eigenvalue weighted by Crippen LogP contribution is -2.31. The third-order valence-electron chi connectivity index (χ3n) is 3.02. The van der Waals surface area contributed by atoms with Gasteiger partial charge in [0, 0.05) is 12.1 Å². The molecule has 1 aromatic carbocycles. The third-order valence-corrected chi connectivity index (χ3v) is 3.02. The van der Waals surface area contributed by atoms with Gasteiger partial charge in [-0.25, -0.2) is 0 Å². The summed E-state index contributed by atoms with van der Waals surface area (Å²) in [4.78, 5) is 0. The van der Waals surface area contributed by atoms with Crippen LogP contribution in [0, 0.1) is 0 Å². The molecule has 1 unspecified atom stereocenters. The number of ether oxygens (including phenoxy) is 1. The second kappa shape index (κ2) is 7.39. The SMILES string of the molecule is CCCNCc1ccccc1OCC(C)(O)CC. The van der Waals surface area contributed by atoms with Gasteiger partial charge < -0.3 is 15.2 Å². The van der Waals surface area contributed by atoms with E-state index in [1.54, 1.807) is 6.92 Å². The van der Waals surface area contributed by atoms with E-state index in [9.17, 15) is 5.11 Å². The van der Waals surface area contributed by atoms with E-state index < -0.39 is 5.60 Å². The average molecular weight is 251 g/mol. The van der Waals surface area contributed by atoms with Gasteiger partial charge in [-0.05, 0) is 32.4 Å². The van der Waals surface area contributed by atoms with Gasteiger partial charge in [0.25, 0.3) is 0 Å². The van der Waals surface area contributed by atoms with E-state index in [1.165, 1.54) is 0 Å². The van der Waals surface area contributed by atoms with Crippen molar-refractivity contribution >= 4 is 0 Å². The maximum Gasteiger partial charge on any atom is 0.123 e. The van der Waals surface area contributed by atoms with E-state index in [-0.39, 0.29) is 0 Å². The fraction of sp³-hybridized carbons (Fsp3) is 0.600. The Labute approximate surface area is 110 Å². The summed E-state index contributed by atoms with van der Waals surface area (Å²) in [6, 6.07) is 7.97. The Bertz CT molecular complexity index is 350. The van der Waals surface area contributed by atoms with Crippen molar-refractivity contribution < 1.29 is 9.84 Å². The fourth-order valence-corrected chi connectivity index (χ4v) is 1.53. The molecule has 18 heavy (non-hydrogen) atoms. The molecule has 0 saturated heterocycles. The molecule has 0 aliphatic heterocycles. The Morgan fingerprint density at radius 3 is 2.67 bits per heavy atom. The van der Waals surface area contributed by atoms with Gasteiger partial charge in [-0.2, -0.15) is 0 Å². The first-order valence-electron chi connectivity index (χ1n) is 6.73. The van der Waals surface area contributed by atoms with Crippen LogP contribution in [0.1, 0.15) is 39.2 Å². The minimum atomic E-state index is -0.760. The van der Waals surface area contributed by atoms with Crippen molar-refractivity contribution in [3.05, 3.63) is 29.8 Å². The Balaban J connectivity index is 2.58. The normalized spacial score (nSPS) is 14.2. The van der Waals surface area contributed by atoms with E-state index in [0.29, 0.717) is 13.0 Å². The van der Waals surface area contributed by atoms with Gasteiger partial charge in [-0.15, -0.1) is 0 Å². The van der Waals surface area contributed by atoms with Crippen molar-refractivity contribution in [3.63, 3.8) is 0 Å². The zero-order chi connectivity index (χ0) is 13.4. The molecule has 0 heterocycles. The molecular formula is C15H25NO2.